The summed E-state index contributed by atoms with van der Waals surface area (Å²) in [4.78, 5) is 21.6. The molecule has 5 nitrogen and oxygen atoms in total. The van der Waals surface area contributed by atoms with Crippen molar-refractivity contribution in [3.8, 4) is 0 Å². The number of carbonyl (C=O) groups is 1. The molecule has 0 aliphatic rings. The van der Waals surface area contributed by atoms with Gasteiger partial charge >= 0.3 is 0 Å². The highest BCUT2D eigenvalue weighted by Crippen LogP contribution is 2.21. The number of carbonyl (C=O) groups excluding carboxylic acids is 1. The molecule has 1 N–H and O–H groups in total. The van der Waals surface area contributed by atoms with E-state index < -0.39 is 0 Å². The smallest absolute Gasteiger partial charge is 0.226 e. The Kier molecular flexibility index (Phi) is 5.38. The van der Waals surface area contributed by atoms with Gasteiger partial charge in [0, 0.05) is 42.9 Å². The van der Waals surface area contributed by atoms with Crippen LogP contribution in [0, 0.1) is 6.92 Å². The topological polar surface area (TPSA) is 59.8 Å². The Morgan fingerprint density at radius 1 is 1.25 bits per heavy atom. The summed E-state index contributed by atoms with van der Waals surface area (Å²) in [6.45, 7) is 2.76. The molecule has 1 aromatic carbocycles. The second-order valence-electron chi connectivity index (χ2n) is 5.61. The van der Waals surface area contributed by atoms with Gasteiger partial charge in [-0.2, -0.15) is 0 Å². The van der Waals surface area contributed by atoms with Crippen molar-refractivity contribution in [3.63, 3.8) is 0 Å². The van der Waals surface area contributed by atoms with Crippen LogP contribution < -0.4 is 5.32 Å². The van der Waals surface area contributed by atoms with Crippen LogP contribution in [-0.4, -0.2) is 20.4 Å². The normalized spacial score (nSPS) is 10.7. The minimum atomic E-state index is 0.00776. The first kappa shape index (κ1) is 16.4. The van der Waals surface area contributed by atoms with Crippen molar-refractivity contribution in [3.05, 3.63) is 65.2 Å². The molecule has 3 aromatic rings. The molecular formula is C18H20N4OS. The Morgan fingerprint density at radius 2 is 2.08 bits per heavy atom. The lowest BCUT2D eigenvalue weighted by molar-refractivity contribution is -0.116. The molecule has 24 heavy (non-hydrogen) atoms. The summed E-state index contributed by atoms with van der Waals surface area (Å²) in [5, 5.41) is 3.56. The number of rotatable bonds is 7. The lowest BCUT2D eigenvalue weighted by atomic mass is 10.1. The molecule has 0 unspecified atom stereocenters. The zero-order valence-corrected chi connectivity index (χ0v) is 14.4. The first-order valence-electron chi connectivity index (χ1n) is 7.97. The van der Waals surface area contributed by atoms with Crippen LogP contribution in [0.5, 0.6) is 0 Å². The number of nitrogens with one attached hydrogen (secondary N) is 1. The van der Waals surface area contributed by atoms with E-state index in [2.05, 4.69) is 32.0 Å². The summed E-state index contributed by atoms with van der Waals surface area (Å²) in [5.41, 5.74) is 1.25. The van der Waals surface area contributed by atoms with Gasteiger partial charge in [-0.15, -0.1) is 11.3 Å². The van der Waals surface area contributed by atoms with E-state index in [9.17, 15) is 4.79 Å². The lowest BCUT2D eigenvalue weighted by Gasteiger charge is -2.04. The van der Waals surface area contributed by atoms with Crippen LogP contribution in [0.4, 0.5) is 5.13 Å². The van der Waals surface area contributed by atoms with Gasteiger partial charge in [0.1, 0.15) is 5.82 Å². The van der Waals surface area contributed by atoms with Crippen LogP contribution in [0.3, 0.4) is 0 Å². The minimum absolute atomic E-state index is 0.00776. The standard InChI is InChI=1S/C18H20N4OS/c1-14-19-9-11-22(14)10-5-8-17(23)21-18-20-13-16(24-18)12-15-6-3-2-4-7-15/h2-4,6-7,9,11,13H,5,8,10,12H2,1H3,(H,20,21,23). The number of hydrogen-bond donors (Lipinski definition) is 1. The third-order valence-electron chi connectivity index (χ3n) is 3.75. The lowest BCUT2D eigenvalue weighted by Crippen LogP contribution is -2.12. The summed E-state index contributed by atoms with van der Waals surface area (Å²) in [6.07, 6.45) is 7.65. The molecule has 0 spiro atoms. The third kappa shape index (κ3) is 4.52. The SMILES string of the molecule is Cc1nccn1CCCC(=O)Nc1ncc(Cc2ccccc2)s1. The average Bonchev–Trinajstić information content (AvgIpc) is 3.18. The number of benzene rings is 1. The molecule has 6 heteroatoms. The number of hydrogen-bond acceptors (Lipinski definition) is 4. The fourth-order valence-electron chi connectivity index (χ4n) is 2.48. The molecule has 0 aliphatic carbocycles. The van der Waals surface area contributed by atoms with E-state index in [1.807, 2.05) is 37.5 Å². The van der Waals surface area contributed by atoms with Crippen molar-refractivity contribution in [1.82, 2.24) is 14.5 Å². The Bertz CT molecular complexity index is 794. The van der Waals surface area contributed by atoms with Gasteiger partial charge < -0.3 is 9.88 Å². The first-order valence-corrected chi connectivity index (χ1v) is 8.78. The Labute approximate surface area is 145 Å². The van der Waals surface area contributed by atoms with Crippen LogP contribution in [-0.2, 0) is 17.8 Å². The van der Waals surface area contributed by atoms with Gasteiger partial charge in [-0.1, -0.05) is 30.3 Å². The maximum Gasteiger partial charge on any atom is 0.226 e. The summed E-state index contributed by atoms with van der Waals surface area (Å²) in [6, 6.07) is 10.3. The Balaban J connectivity index is 1.46. The van der Waals surface area contributed by atoms with Crippen molar-refractivity contribution in [2.24, 2.45) is 0 Å². The van der Waals surface area contributed by atoms with Crippen LogP contribution in [0.1, 0.15) is 29.1 Å². The number of anilines is 1. The Morgan fingerprint density at radius 3 is 2.83 bits per heavy atom. The van der Waals surface area contributed by atoms with Gasteiger partial charge in [0.15, 0.2) is 5.13 Å². The Hall–Kier alpha value is -2.47. The third-order valence-corrected chi connectivity index (χ3v) is 4.66. The van der Waals surface area contributed by atoms with Gasteiger partial charge in [0.25, 0.3) is 0 Å². The van der Waals surface area contributed by atoms with Gasteiger partial charge in [0.2, 0.25) is 5.91 Å². The van der Waals surface area contributed by atoms with E-state index in [1.165, 1.54) is 16.9 Å². The summed E-state index contributed by atoms with van der Waals surface area (Å²) in [7, 11) is 0. The second-order valence-corrected chi connectivity index (χ2v) is 6.73. The van der Waals surface area contributed by atoms with E-state index in [0.29, 0.717) is 11.6 Å². The number of amides is 1. The van der Waals surface area contributed by atoms with Gasteiger partial charge in [0.05, 0.1) is 0 Å². The average molecular weight is 340 g/mol. The van der Waals surface area contributed by atoms with E-state index >= 15 is 0 Å². The summed E-state index contributed by atoms with van der Waals surface area (Å²) >= 11 is 1.53. The highest BCUT2D eigenvalue weighted by molar-refractivity contribution is 7.15. The van der Waals surface area contributed by atoms with Crippen LogP contribution >= 0.6 is 11.3 Å². The molecule has 124 valence electrons. The van der Waals surface area contributed by atoms with E-state index in [4.69, 9.17) is 0 Å². The largest absolute Gasteiger partial charge is 0.335 e. The quantitative estimate of drug-likeness (QED) is 0.714. The zero-order valence-electron chi connectivity index (χ0n) is 13.6. The second kappa shape index (κ2) is 7.88. The molecule has 0 radical (unpaired) electrons. The predicted octanol–water partition coefficient (Wildman–Crippen LogP) is 3.66. The van der Waals surface area contributed by atoms with Crippen LogP contribution in [0.25, 0.3) is 0 Å². The van der Waals surface area contributed by atoms with E-state index in [1.54, 1.807) is 6.20 Å². The van der Waals surface area contributed by atoms with Crippen molar-refractivity contribution in [2.45, 2.75) is 32.7 Å². The minimum Gasteiger partial charge on any atom is -0.335 e. The molecular weight excluding hydrogens is 320 g/mol. The number of imidazole rings is 1. The van der Waals surface area contributed by atoms with Crippen LogP contribution in [0.15, 0.2) is 48.9 Å². The van der Waals surface area contributed by atoms with Gasteiger partial charge in [-0.3, -0.25) is 4.79 Å². The fourth-order valence-corrected chi connectivity index (χ4v) is 3.34. The van der Waals surface area contributed by atoms with Gasteiger partial charge in [-0.05, 0) is 18.9 Å². The molecule has 0 atom stereocenters. The number of nitrogens with zero attached hydrogens (tertiary/aromatic N) is 3. The number of aromatic nitrogens is 3. The summed E-state index contributed by atoms with van der Waals surface area (Å²) < 4.78 is 2.05. The fraction of sp³-hybridized carbons (Fsp3) is 0.278. The van der Waals surface area contributed by atoms with Crippen molar-refractivity contribution >= 4 is 22.4 Å². The van der Waals surface area contributed by atoms with Crippen molar-refractivity contribution in [1.29, 1.82) is 0 Å². The monoisotopic (exact) mass is 340 g/mol. The number of aryl methyl sites for hydroxylation is 2. The molecule has 2 aromatic heterocycles. The highest BCUT2D eigenvalue weighted by Gasteiger charge is 2.07. The zero-order chi connectivity index (χ0) is 16.8. The number of thiazole rings is 1. The highest BCUT2D eigenvalue weighted by atomic mass is 32.1. The molecule has 0 saturated heterocycles. The first-order chi connectivity index (χ1) is 11.7. The van der Waals surface area contributed by atoms with E-state index in [-0.39, 0.29) is 5.91 Å². The predicted molar refractivity (Wildman–Crippen MR) is 96.2 cm³/mol. The van der Waals surface area contributed by atoms with Gasteiger partial charge in [-0.25, -0.2) is 9.97 Å². The van der Waals surface area contributed by atoms with Crippen LogP contribution in [0.2, 0.25) is 0 Å². The molecule has 0 aliphatic heterocycles. The molecule has 0 saturated carbocycles. The molecule has 0 fully saturated rings. The molecule has 1 amide bonds. The maximum atomic E-state index is 12.0. The molecule has 0 bridgehead atoms. The summed E-state index contributed by atoms with van der Waals surface area (Å²) in [5.74, 6) is 0.981. The van der Waals surface area contributed by atoms with Crippen molar-refractivity contribution < 1.29 is 4.79 Å². The maximum absolute atomic E-state index is 12.0. The molecule has 3 rings (SSSR count). The van der Waals surface area contributed by atoms with Crippen molar-refractivity contribution in [2.75, 3.05) is 5.32 Å². The molecule has 2 heterocycles. The van der Waals surface area contributed by atoms with E-state index in [0.717, 1.165) is 30.1 Å².